The monoisotopic (exact) mass is 317 g/mol. The van der Waals surface area contributed by atoms with Crippen LogP contribution in [0.2, 0.25) is 0 Å². The molecule has 0 aromatic carbocycles. The number of H-pyrrole nitrogens is 1. The average molecular weight is 317 g/mol. The van der Waals surface area contributed by atoms with Gasteiger partial charge in [-0.3, -0.25) is 9.89 Å². The smallest absolute Gasteiger partial charge is 0.227 e. The lowest BCUT2D eigenvalue weighted by atomic mass is 10.0. The van der Waals surface area contributed by atoms with Crippen LogP contribution in [0.25, 0.3) is 0 Å². The first-order valence-electron chi connectivity index (χ1n) is 8.14. The number of aryl methyl sites for hydroxylation is 2. The number of carbonyl (C=O) groups is 1. The molecule has 23 heavy (non-hydrogen) atoms. The summed E-state index contributed by atoms with van der Waals surface area (Å²) in [4.78, 5) is 18.6. The molecular formula is C16H23N5O2. The Hall–Kier alpha value is -2.18. The number of aromatic amines is 1. The van der Waals surface area contributed by atoms with Crippen LogP contribution < -0.4 is 0 Å². The lowest BCUT2D eigenvalue weighted by molar-refractivity contribution is -0.130. The molecule has 0 aliphatic carbocycles. The minimum Gasteiger partial charge on any atom is -0.342 e. The largest absolute Gasteiger partial charge is 0.342 e. The Kier molecular flexibility index (Phi) is 4.45. The Morgan fingerprint density at radius 1 is 1.52 bits per heavy atom. The predicted octanol–water partition coefficient (Wildman–Crippen LogP) is 2.17. The van der Waals surface area contributed by atoms with Gasteiger partial charge in [0.15, 0.2) is 5.82 Å². The van der Waals surface area contributed by atoms with Crippen LogP contribution in [0, 0.1) is 6.92 Å². The molecule has 1 fully saturated rings. The summed E-state index contributed by atoms with van der Waals surface area (Å²) < 4.78 is 5.19. The molecule has 1 saturated heterocycles. The third-order valence-corrected chi connectivity index (χ3v) is 4.37. The molecular weight excluding hydrogens is 294 g/mol. The quantitative estimate of drug-likeness (QED) is 0.913. The third-order valence-electron chi connectivity index (χ3n) is 4.37. The maximum absolute atomic E-state index is 12.4. The number of hydrogen-bond donors (Lipinski definition) is 1. The van der Waals surface area contributed by atoms with Crippen molar-refractivity contribution in [2.45, 2.75) is 51.9 Å². The fraction of sp³-hybridized carbons (Fsp3) is 0.625. The summed E-state index contributed by atoms with van der Waals surface area (Å²) >= 11 is 0. The van der Waals surface area contributed by atoms with E-state index >= 15 is 0 Å². The molecule has 0 spiro atoms. The van der Waals surface area contributed by atoms with Gasteiger partial charge in [-0.05, 0) is 18.9 Å². The summed E-state index contributed by atoms with van der Waals surface area (Å²) in [6.45, 7) is 7.63. The van der Waals surface area contributed by atoms with Crippen molar-refractivity contribution in [2.24, 2.45) is 0 Å². The number of hydrogen-bond acceptors (Lipinski definition) is 5. The van der Waals surface area contributed by atoms with E-state index in [1.165, 1.54) is 0 Å². The SMILES string of the molecule is Cc1cn[nH]c1[C@@H]1CCN(C(=O)CCc2nc(C(C)C)no2)C1. The van der Waals surface area contributed by atoms with E-state index in [9.17, 15) is 4.79 Å². The number of aromatic nitrogens is 4. The molecule has 2 aromatic rings. The van der Waals surface area contributed by atoms with Crippen LogP contribution in [0.3, 0.4) is 0 Å². The molecule has 7 nitrogen and oxygen atoms in total. The summed E-state index contributed by atoms with van der Waals surface area (Å²) in [5.41, 5.74) is 2.31. The van der Waals surface area contributed by atoms with E-state index in [1.807, 2.05) is 31.9 Å². The van der Waals surface area contributed by atoms with Crippen LogP contribution in [0.5, 0.6) is 0 Å². The standard InChI is InChI=1S/C16H23N5O2/c1-10(2)16-18-13(23-20-16)4-5-14(22)21-7-6-12(9-21)15-11(3)8-17-19-15/h8,10,12H,4-7,9H2,1-3H3,(H,17,19)/t12-/m1/s1. The molecule has 0 bridgehead atoms. The van der Waals surface area contributed by atoms with Gasteiger partial charge >= 0.3 is 0 Å². The number of carbonyl (C=O) groups excluding carboxylic acids is 1. The second kappa shape index (κ2) is 6.52. The van der Waals surface area contributed by atoms with Gasteiger partial charge in [-0.1, -0.05) is 19.0 Å². The van der Waals surface area contributed by atoms with Crippen molar-refractivity contribution in [3.8, 4) is 0 Å². The van der Waals surface area contributed by atoms with E-state index in [1.54, 1.807) is 0 Å². The molecule has 7 heteroatoms. The molecule has 1 amide bonds. The zero-order valence-corrected chi connectivity index (χ0v) is 13.9. The van der Waals surface area contributed by atoms with E-state index < -0.39 is 0 Å². The lowest BCUT2D eigenvalue weighted by Gasteiger charge is -2.16. The van der Waals surface area contributed by atoms with Crippen molar-refractivity contribution < 1.29 is 9.32 Å². The normalized spacial score (nSPS) is 18.1. The molecule has 3 rings (SSSR count). The highest BCUT2D eigenvalue weighted by molar-refractivity contribution is 5.76. The van der Waals surface area contributed by atoms with Gasteiger partial charge in [0, 0.05) is 43.5 Å². The topological polar surface area (TPSA) is 87.9 Å². The Balaban J connectivity index is 1.52. The Morgan fingerprint density at radius 2 is 2.35 bits per heavy atom. The molecule has 0 unspecified atom stereocenters. The second-order valence-corrected chi connectivity index (χ2v) is 6.49. The van der Waals surface area contributed by atoms with Crippen molar-refractivity contribution in [3.05, 3.63) is 29.2 Å². The molecule has 3 heterocycles. The summed E-state index contributed by atoms with van der Waals surface area (Å²) in [5, 5.41) is 11.1. The van der Waals surface area contributed by atoms with Crippen molar-refractivity contribution in [1.29, 1.82) is 0 Å². The third kappa shape index (κ3) is 3.43. The zero-order valence-electron chi connectivity index (χ0n) is 13.9. The van der Waals surface area contributed by atoms with E-state index in [0.717, 1.165) is 30.8 Å². The van der Waals surface area contributed by atoms with Crippen molar-refractivity contribution in [1.82, 2.24) is 25.2 Å². The molecule has 1 aliphatic rings. The summed E-state index contributed by atoms with van der Waals surface area (Å²) in [6, 6.07) is 0. The van der Waals surface area contributed by atoms with Crippen LogP contribution in [0.4, 0.5) is 0 Å². The van der Waals surface area contributed by atoms with Crippen molar-refractivity contribution in [2.75, 3.05) is 13.1 Å². The lowest BCUT2D eigenvalue weighted by Crippen LogP contribution is -2.28. The number of nitrogens with zero attached hydrogens (tertiary/aromatic N) is 4. The highest BCUT2D eigenvalue weighted by atomic mass is 16.5. The van der Waals surface area contributed by atoms with Gasteiger partial charge in [-0.25, -0.2) is 0 Å². The predicted molar refractivity (Wildman–Crippen MR) is 84.0 cm³/mol. The number of amides is 1. The summed E-state index contributed by atoms with van der Waals surface area (Å²) in [6.07, 6.45) is 3.73. The molecule has 0 saturated carbocycles. The van der Waals surface area contributed by atoms with Gasteiger partial charge in [-0.15, -0.1) is 0 Å². The van der Waals surface area contributed by atoms with Crippen LogP contribution in [0.1, 0.15) is 61.5 Å². The molecule has 0 radical (unpaired) electrons. The maximum atomic E-state index is 12.4. The van der Waals surface area contributed by atoms with Gasteiger partial charge in [0.2, 0.25) is 11.8 Å². The molecule has 1 aliphatic heterocycles. The maximum Gasteiger partial charge on any atom is 0.227 e. The van der Waals surface area contributed by atoms with Gasteiger partial charge in [0.25, 0.3) is 0 Å². The van der Waals surface area contributed by atoms with Crippen LogP contribution >= 0.6 is 0 Å². The molecule has 2 aromatic heterocycles. The Bertz CT molecular complexity index is 676. The van der Waals surface area contributed by atoms with Gasteiger partial charge in [0.1, 0.15) is 0 Å². The minimum atomic E-state index is 0.147. The number of nitrogens with one attached hydrogen (secondary N) is 1. The second-order valence-electron chi connectivity index (χ2n) is 6.49. The Labute approximate surface area is 135 Å². The average Bonchev–Trinajstić information content (AvgIpc) is 3.24. The summed E-state index contributed by atoms with van der Waals surface area (Å²) in [7, 11) is 0. The number of likely N-dealkylation sites (tertiary alicyclic amines) is 1. The molecule has 1 atom stereocenters. The minimum absolute atomic E-state index is 0.147. The first-order chi connectivity index (χ1) is 11.0. The van der Waals surface area contributed by atoms with E-state index in [4.69, 9.17) is 4.52 Å². The first-order valence-corrected chi connectivity index (χ1v) is 8.14. The molecule has 124 valence electrons. The summed E-state index contributed by atoms with van der Waals surface area (Å²) in [5.74, 6) is 1.98. The van der Waals surface area contributed by atoms with Crippen LogP contribution in [0.15, 0.2) is 10.7 Å². The highest BCUT2D eigenvalue weighted by Crippen LogP contribution is 2.28. The van der Waals surface area contributed by atoms with Gasteiger partial charge in [0.05, 0.1) is 6.20 Å². The van der Waals surface area contributed by atoms with Gasteiger partial charge in [-0.2, -0.15) is 10.1 Å². The number of rotatable bonds is 5. The van der Waals surface area contributed by atoms with Crippen molar-refractivity contribution in [3.63, 3.8) is 0 Å². The molecule has 1 N–H and O–H groups in total. The van der Waals surface area contributed by atoms with E-state index in [-0.39, 0.29) is 11.8 Å². The van der Waals surface area contributed by atoms with Gasteiger partial charge < -0.3 is 9.42 Å². The highest BCUT2D eigenvalue weighted by Gasteiger charge is 2.29. The zero-order chi connectivity index (χ0) is 16.4. The fourth-order valence-electron chi connectivity index (χ4n) is 2.97. The van der Waals surface area contributed by atoms with Crippen LogP contribution in [-0.2, 0) is 11.2 Å². The Morgan fingerprint density at radius 3 is 3.00 bits per heavy atom. The fourth-order valence-corrected chi connectivity index (χ4v) is 2.97. The first kappa shape index (κ1) is 15.7. The van der Waals surface area contributed by atoms with E-state index in [0.29, 0.717) is 30.5 Å². The van der Waals surface area contributed by atoms with Crippen molar-refractivity contribution >= 4 is 5.91 Å². The van der Waals surface area contributed by atoms with E-state index in [2.05, 4.69) is 20.3 Å². The van der Waals surface area contributed by atoms with Crippen LogP contribution in [-0.4, -0.2) is 44.2 Å².